The highest BCUT2D eigenvalue weighted by Gasteiger charge is 2.20. The lowest BCUT2D eigenvalue weighted by atomic mass is 10.0. The molecule has 0 aromatic carbocycles. The number of hydrogen-bond acceptors (Lipinski definition) is 5. The highest BCUT2D eigenvalue weighted by atomic mass is 16.5. The highest BCUT2D eigenvalue weighted by Crippen LogP contribution is 2.22. The molecule has 18 heavy (non-hydrogen) atoms. The van der Waals surface area contributed by atoms with E-state index in [4.69, 9.17) is 4.74 Å². The van der Waals surface area contributed by atoms with Gasteiger partial charge < -0.3 is 20.3 Å². The predicted molar refractivity (Wildman–Crippen MR) is 65.2 cm³/mol. The minimum Gasteiger partial charge on any atom is -0.481 e. The third-order valence-corrected chi connectivity index (χ3v) is 2.58. The number of rotatable bonds is 5. The van der Waals surface area contributed by atoms with Gasteiger partial charge in [-0.1, -0.05) is 0 Å². The van der Waals surface area contributed by atoms with E-state index in [1.807, 2.05) is 0 Å². The molecular weight excluding hydrogens is 236 g/mol. The third-order valence-electron chi connectivity index (χ3n) is 2.58. The van der Waals surface area contributed by atoms with Crippen molar-refractivity contribution in [2.24, 2.45) is 0 Å². The lowest BCUT2D eigenvalue weighted by Crippen LogP contribution is -2.34. The fraction of sp³-hybridized carbons (Fsp3) is 0.500. The van der Waals surface area contributed by atoms with Gasteiger partial charge in [-0.3, -0.25) is 4.79 Å². The average molecular weight is 254 g/mol. The molecule has 1 aromatic rings. The van der Waals surface area contributed by atoms with E-state index in [9.17, 15) is 15.0 Å². The van der Waals surface area contributed by atoms with Crippen LogP contribution in [0, 0.1) is 6.92 Å². The van der Waals surface area contributed by atoms with Gasteiger partial charge in [-0.2, -0.15) is 0 Å². The number of ether oxygens (including phenoxy) is 1. The van der Waals surface area contributed by atoms with E-state index in [1.54, 1.807) is 13.0 Å². The van der Waals surface area contributed by atoms with Gasteiger partial charge in [-0.05, 0) is 12.5 Å². The summed E-state index contributed by atoms with van der Waals surface area (Å²) in [6.45, 7) is 3.12. The SMILES string of the molecule is COc1cc(C)c(C(O)C(O)CNC(C)=O)cn1. The first-order valence-electron chi connectivity index (χ1n) is 5.56. The molecule has 6 heteroatoms. The molecule has 6 nitrogen and oxygen atoms in total. The standard InChI is InChI=1S/C12H18N2O4/c1-7-4-11(18-3)14-5-9(7)12(17)10(16)6-13-8(2)15/h4-5,10,12,16-17H,6H2,1-3H3,(H,13,15). The molecule has 1 aromatic heterocycles. The molecule has 0 bridgehead atoms. The van der Waals surface area contributed by atoms with Crippen LogP contribution in [0.4, 0.5) is 0 Å². The van der Waals surface area contributed by atoms with Crippen LogP contribution in [0.25, 0.3) is 0 Å². The van der Waals surface area contributed by atoms with Crippen molar-refractivity contribution in [2.45, 2.75) is 26.1 Å². The van der Waals surface area contributed by atoms with Crippen LogP contribution in [-0.4, -0.2) is 40.9 Å². The van der Waals surface area contributed by atoms with Crippen LogP contribution in [0.3, 0.4) is 0 Å². The number of aliphatic hydroxyl groups excluding tert-OH is 2. The van der Waals surface area contributed by atoms with Crippen molar-refractivity contribution in [3.8, 4) is 5.88 Å². The Morgan fingerprint density at radius 3 is 2.72 bits per heavy atom. The Balaban J connectivity index is 2.76. The first-order chi connectivity index (χ1) is 8.45. The second-order valence-electron chi connectivity index (χ2n) is 4.03. The molecule has 0 fully saturated rings. The van der Waals surface area contributed by atoms with Gasteiger partial charge in [0, 0.05) is 31.3 Å². The quantitative estimate of drug-likeness (QED) is 0.684. The number of carbonyl (C=O) groups excluding carboxylic acids is 1. The Morgan fingerprint density at radius 1 is 1.56 bits per heavy atom. The van der Waals surface area contributed by atoms with E-state index in [2.05, 4.69) is 10.3 Å². The van der Waals surface area contributed by atoms with E-state index in [1.165, 1.54) is 20.2 Å². The predicted octanol–water partition coefficient (Wildman–Crippen LogP) is -0.0710. The molecule has 0 aliphatic rings. The molecule has 0 saturated carbocycles. The van der Waals surface area contributed by atoms with Gasteiger partial charge in [-0.25, -0.2) is 4.98 Å². The van der Waals surface area contributed by atoms with Gasteiger partial charge in [0.2, 0.25) is 11.8 Å². The summed E-state index contributed by atoms with van der Waals surface area (Å²) in [4.78, 5) is 14.7. The molecule has 0 radical (unpaired) electrons. The van der Waals surface area contributed by atoms with Gasteiger partial charge in [0.15, 0.2) is 0 Å². The summed E-state index contributed by atoms with van der Waals surface area (Å²) in [6.07, 6.45) is -0.728. The number of aromatic nitrogens is 1. The fourth-order valence-corrected chi connectivity index (χ4v) is 1.53. The summed E-state index contributed by atoms with van der Waals surface area (Å²) in [7, 11) is 1.50. The number of aryl methyl sites for hydroxylation is 1. The Bertz CT molecular complexity index is 423. The second-order valence-corrected chi connectivity index (χ2v) is 4.03. The molecule has 1 heterocycles. The molecule has 0 spiro atoms. The van der Waals surface area contributed by atoms with Gasteiger partial charge >= 0.3 is 0 Å². The number of nitrogens with one attached hydrogen (secondary N) is 1. The molecule has 100 valence electrons. The molecule has 0 aliphatic heterocycles. The zero-order valence-corrected chi connectivity index (χ0v) is 10.7. The molecule has 1 rings (SSSR count). The largest absolute Gasteiger partial charge is 0.481 e. The van der Waals surface area contributed by atoms with Crippen molar-refractivity contribution in [1.82, 2.24) is 10.3 Å². The maximum atomic E-state index is 10.7. The zero-order chi connectivity index (χ0) is 13.7. The Hall–Kier alpha value is -1.66. The molecule has 0 aliphatic carbocycles. The number of amides is 1. The van der Waals surface area contributed by atoms with Crippen LogP contribution in [0.2, 0.25) is 0 Å². The summed E-state index contributed by atoms with van der Waals surface area (Å²) in [5, 5.41) is 22.2. The lowest BCUT2D eigenvalue weighted by molar-refractivity contribution is -0.119. The van der Waals surface area contributed by atoms with Crippen molar-refractivity contribution in [3.05, 3.63) is 23.4 Å². The maximum absolute atomic E-state index is 10.7. The summed E-state index contributed by atoms with van der Waals surface area (Å²) in [5.41, 5.74) is 1.27. The molecule has 3 N–H and O–H groups in total. The molecular formula is C12H18N2O4. The summed E-state index contributed by atoms with van der Waals surface area (Å²) in [5.74, 6) is 0.186. The van der Waals surface area contributed by atoms with Crippen molar-refractivity contribution in [3.63, 3.8) is 0 Å². The van der Waals surface area contributed by atoms with Gasteiger partial charge in [0.1, 0.15) is 12.2 Å². The van der Waals surface area contributed by atoms with Crippen molar-refractivity contribution in [2.75, 3.05) is 13.7 Å². The van der Waals surface area contributed by atoms with Crippen molar-refractivity contribution < 1.29 is 19.7 Å². The van der Waals surface area contributed by atoms with Gasteiger partial charge in [-0.15, -0.1) is 0 Å². The molecule has 1 amide bonds. The third kappa shape index (κ3) is 3.68. The van der Waals surface area contributed by atoms with Crippen molar-refractivity contribution >= 4 is 5.91 Å². The van der Waals surface area contributed by atoms with E-state index < -0.39 is 12.2 Å². The highest BCUT2D eigenvalue weighted by molar-refractivity contribution is 5.72. The average Bonchev–Trinajstić information content (AvgIpc) is 2.34. The van der Waals surface area contributed by atoms with E-state index in [0.717, 1.165) is 5.56 Å². The normalized spacial score (nSPS) is 13.8. The maximum Gasteiger partial charge on any atom is 0.216 e. The van der Waals surface area contributed by atoms with E-state index in [0.29, 0.717) is 11.4 Å². The van der Waals surface area contributed by atoms with Gasteiger partial charge in [0.05, 0.1) is 7.11 Å². The molecule has 2 atom stereocenters. The van der Waals surface area contributed by atoms with Crippen LogP contribution in [0.5, 0.6) is 5.88 Å². The first kappa shape index (κ1) is 14.4. The minimum absolute atomic E-state index is 0.0119. The second kappa shape index (κ2) is 6.32. The van der Waals surface area contributed by atoms with Crippen LogP contribution in [0.15, 0.2) is 12.3 Å². The topological polar surface area (TPSA) is 91.7 Å². The number of aliphatic hydroxyl groups is 2. The van der Waals surface area contributed by atoms with E-state index >= 15 is 0 Å². The monoisotopic (exact) mass is 254 g/mol. The smallest absolute Gasteiger partial charge is 0.216 e. The van der Waals surface area contributed by atoms with E-state index in [-0.39, 0.29) is 12.5 Å². The number of nitrogens with zero attached hydrogens (tertiary/aromatic N) is 1. The van der Waals surface area contributed by atoms with Crippen molar-refractivity contribution in [1.29, 1.82) is 0 Å². The summed E-state index contributed by atoms with van der Waals surface area (Å²) < 4.78 is 4.96. The lowest BCUT2D eigenvalue weighted by Gasteiger charge is -2.19. The number of hydrogen-bond donors (Lipinski definition) is 3. The fourth-order valence-electron chi connectivity index (χ4n) is 1.53. The first-order valence-corrected chi connectivity index (χ1v) is 5.56. The van der Waals surface area contributed by atoms with Crippen LogP contribution < -0.4 is 10.1 Å². The number of pyridine rings is 1. The Kier molecular flexibility index (Phi) is 5.06. The van der Waals surface area contributed by atoms with Gasteiger partial charge in [0.25, 0.3) is 0 Å². The Morgan fingerprint density at radius 2 is 2.22 bits per heavy atom. The number of carbonyl (C=O) groups is 1. The molecule has 2 unspecified atom stereocenters. The summed E-state index contributed by atoms with van der Waals surface area (Å²) >= 11 is 0. The molecule has 0 saturated heterocycles. The van der Waals surface area contributed by atoms with Crippen LogP contribution in [0.1, 0.15) is 24.2 Å². The van der Waals surface area contributed by atoms with Crippen LogP contribution in [-0.2, 0) is 4.79 Å². The van der Waals surface area contributed by atoms with Crippen LogP contribution >= 0.6 is 0 Å². The number of methoxy groups -OCH3 is 1. The summed E-state index contributed by atoms with van der Waals surface area (Å²) in [6, 6.07) is 1.67. The Labute approximate surface area is 106 Å². The minimum atomic E-state index is -1.10. The zero-order valence-electron chi connectivity index (χ0n) is 10.7.